The molecule has 1 atom stereocenters. The second-order valence-electron chi connectivity index (χ2n) is 4.54. The Kier molecular flexibility index (Phi) is 7.41. The molecule has 3 nitrogen and oxygen atoms in total. The van der Waals surface area contributed by atoms with Gasteiger partial charge in [0.05, 0.1) is 0 Å². The van der Waals surface area contributed by atoms with E-state index in [0.29, 0.717) is 0 Å². The van der Waals surface area contributed by atoms with Gasteiger partial charge in [-0.15, -0.1) is 0 Å². The van der Waals surface area contributed by atoms with Crippen LogP contribution in [0, 0.1) is 0 Å². The molecule has 106 valence electrons. The third kappa shape index (κ3) is 5.55. The van der Waals surface area contributed by atoms with Crippen LogP contribution in [0.15, 0.2) is 24.3 Å². The van der Waals surface area contributed by atoms with Gasteiger partial charge in [-0.1, -0.05) is 13.8 Å². The molecule has 0 aliphatic carbocycles. The quantitative estimate of drug-likeness (QED) is 0.767. The number of benzene rings is 1. The molecule has 0 aromatic heterocycles. The summed E-state index contributed by atoms with van der Waals surface area (Å²) in [6, 6.07) is 7.92. The van der Waals surface area contributed by atoms with Crippen molar-refractivity contribution in [3.8, 4) is 0 Å². The minimum Gasteiger partial charge on any atom is -0.385 e. The summed E-state index contributed by atoms with van der Waals surface area (Å²) in [4.78, 5) is 12.1. The lowest BCUT2D eigenvalue weighted by molar-refractivity contribution is 0.0940. The van der Waals surface area contributed by atoms with E-state index in [1.165, 1.54) is 0 Å². The highest BCUT2D eigenvalue weighted by atomic mass is 32.2. The van der Waals surface area contributed by atoms with E-state index < -0.39 is 0 Å². The molecule has 1 rings (SSSR count). The fourth-order valence-corrected chi connectivity index (χ4v) is 2.46. The molecule has 0 radical (unpaired) electrons. The van der Waals surface area contributed by atoms with Gasteiger partial charge in [-0.2, -0.15) is 11.8 Å². The first kappa shape index (κ1) is 15.9. The van der Waals surface area contributed by atoms with Crippen LogP contribution < -0.4 is 10.6 Å². The Labute approximate surface area is 120 Å². The van der Waals surface area contributed by atoms with Crippen molar-refractivity contribution in [3.05, 3.63) is 29.8 Å². The number of anilines is 1. The molecule has 1 unspecified atom stereocenters. The second-order valence-corrected chi connectivity index (χ2v) is 5.45. The van der Waals surface area contributed by atoms with Crippen molar-refractivity contribution in [1.82, 2.24) is 5.32 Å². The lowest BCUT2D eigenvalue weighted by Gasteiger charge is -2.15. The van der Waals surface area contributed by atoms with Crippen LogP contribution in [0.2, 0.25) is 0 Å². The van der Waals surface area contributed by atoms with Gasteiger partial charge >= 0.3 is 0 Å². The minimum atomic E-state index is 0.0166. The number of hydrogen-bond donors (Lipinski definition) is 2. The molecule has 1 aromatic carbocycles. The zero-order valence-corrected chi connectivity index (χ0v) is 12.8. The molecule has 1 amide bonds. The van der Waals surface area contributed by atoms with Crippen molar-refractivity contribution >= 4 is 23.4 Å². The molecule has 4 heteroatoms. The van der Waals surface area contributed by atoms with E-state index in [1.54, 1.807) is 11.8 Å². The summed E-state index contributed by atoms with van der Waals surface area (Å²) in [5.74, 6) is 0.973. The van der Waals surface area contributed by atoms with Crippen molar-refractivity contribution in [2.45, 2.75) is 32.7 Å². The van der Waals surface area contributed by atoms with Crippen LogP contribution in [0.3, 0.4) is 0 Å². The minimum absolute atomic E-state index is 0.0166. The van der Waals surface area contributed by atoms with Gasteiger partial charge in [0.15, 0.2) is 0 Å². The van der Waals surface area contributed by atoms with Gasteiger partial charge in [0.25, 0.3) is 5.91 Å². The highest BCUT2D eigenvalue weighted by Gasteiger charge is 2.11. The summed E-state index contributed by atoms with van der Waals surface area (Å²) in [7, 11) is 0. The van der Waals surface area contributed by atoms with Gasteiger partial charge in [-0.3, -0.25) is 4.79 Å². The van der Waals surface area contributed by atoms with Gasteiger partial charge in [-0.25, -0.2) is 0 Å². The average molecular weight is 280 g/mol. The maximum Gasteiger partial charge on any atom is 0.251 e. The number of rotatable bonds is 8. The van der Waals surface area contributed by atoms with Crippen molar-refractivity contribution in [3.63, 3.8) is 0 Å². The zero-order valence-electron chi connectivity index (χ0n) is 12.0. The molecule has 19 heavy (non-hydrogen) atoms. The summed E-state index contributed by atoms with van der Waals surface area (Å²) >= 11 is 1.76. The third-order valence-electron chi connectivity index (χ3n) is 2.92. The molecule has 0 saturated heterocycles. The molecule has 0 heterocycles. The first-order valence-electron chi connectivity index (χ1n) is 6.85. The molecular formula is C15H24N2OS. The topological polar surface area (TPSA) is 41.1 Å². The number of carbonyl (C=O) groups excluding carboxylic acids is 1. The maximum absolute atomic E-state index is 12.1. The Hall–Kier alpha value is -1.16. The molecule has 0 fully saturated rings. The van der Waals surface area contributed by atoms with Crippen LogP contribution in [0.1, 0.15) is 37.0 Å². The summed E-state index contributed by atoms with van der Waals surface area (Å²) < 4.78 is 0. The number of hydrogen-bond acceptors (Lipinski definition) is 3. The molecule has 0 bridgehead atoms. The van der Waals surface area contributed by atoms with Crippen molar-refractivity contribution < 1.29 is 4.79 Å². The van der Waals surface area contributed by atoms with Crippen molar-refractivity contribution in [1.29, 1.82) is 0 Å². The van der Waals surface area contributed by atoms with Crippen molar-refractivity contribution in [2.75, 3.05) is 23.9 Å². The normalized spacial score (nSPS) is 11.9. The lowest BCUT2D eigenvalue weighted by Crippen LogP contribution is -2.36. The number of nitrogens with one attached hydrogen (secondary N) is 2. The number of thioether (sulfide) groups is 1. The SMILES string of the molecule is CCCNc1ccc(C(=O)NC(CC)CSC)cc1. The Morgan fingerprint density at radius 1 is 1.26 bits per heavy atom. The monoisotopic (exact) mass is 280 g/mol. The fraction of sp³-hybridized carbons (Fsp3) is 0.533. The van der Waals surface area contributed by atoms with Crippen LogP contribution >= 0.6 is 11.8 Å². The molecular weight excluding hydrogens is 256 g/mol. The first-order chi connectivity index (χ1) is 9.21. The Morgan fingerprint density at radius 3 is 2.47 bits per heavy atom. The predicted octanol–water partition coefficient (Wildman–Crippen LogP) is 3.38. The highest BCUT2D eigenvalue weighted by molar-refractivity contribution is 7.98. The predicted molar refractivity (Wildman–Crippen MR) is 85.1 cm³/mol. The smallest absolute Gasteiger partial charge is 0.251 e. The van der Waals surface area contributed by atoms with Crippen LogP contribution in [0.4, 0.5) is 5.69 Å². The first-order valence-corrected chi connectivity index (χ1v) is 8.24. The van der Waals surface area contributed by atoms with Crippen LogP contribution in [0.25, 0.3) is 0 Å². The van der Waals surface area contributed by atoms with E-state index >= 15 is 0 Å². The van der Waals surface area contributed by atoms with Gasteiger partial charge in [0.1, 0.15) is 0 Å². The standard InChI is InChI=1S/C15H24N2OS/c1-4-10-16-14-8-6-12(7-9-14)15(18)17-13(5-2)11-19-3/h6-9,13,16H,4-5,10-11H2,1-3H3,(H,17,18). The Bertz CT molecular complexity index is 378. The zero-order chi connectivity index (χ0) is 14.1. The number of carbonyl (C=O) groups is 1. The van der Waals surface area contributed by atoms with E-state index in [4.69, 9.17) is 0 Å². The summed E-state index contributed by atoms with van der Waals surface area (Å²) in [6.45, 7) is 5.18. The Morgan fingerprint density at radius 2 is 1.95 bits per heavy atom. The highest BCUT2D eigenvalue weighted by Crippen LogP contribution is 2.10. The van der Waals surface area contributed by atoms with Crippen LogP contribution in [0.5, 0.6) is 0 Å². The molecule has 0 aliphatic heterocycles. The second kappa shape index (κ2) is 8.86. The molecule has 0 spiro atoms. The Balaban J connectivity index is 2.56. The van der Waals surface area contributed by atoms with E-state index in [1.807, 2.05) is 24.3 Å². The molecule has 0 aliphatic rings. The van der Waals surface area contributed by atoms with Gasteiger partial charge < -0.3 is 10.6 Å². The summed E-state index contributed by atoms with van der Waals surface area (Å²) in [6.07, 6.45) is 4.11. The summed E-state index contributed by atoms with van der Waals surface area (Å²) in [5.41, 5.74) is 1.79. The van der Waals surface area contributed by atoms with Crippen LogP contribution in [-0.4, -0.2) is 30.5 Å². The van der Waals surface area contributed by atoms with Gasteiger partial charge in [-0.05, 0) is 43.4 Å². The van der Waals surface area contributed by atoms with Crippen LogP contribution in [-0.2, 0) is 0 Å². The fourth-order valence-electron chi connectivity index (χ4n) is 1.74. The van der Waals surface area contributed by atoms with E-state index in [2.05, 4.69) is 30.7 Å². The van der Waals surface area contributed by atoms with Gasteiger partial charge in [0, 0.05) is 29.6 Å². The van der Waals surface area contributed by atoms with E-state index in [0.717, 1.165) is 36.4 Å². The average Bonchev–Trinajstić information content (AvgIpc) is 2.45. The summed E-state index contributed by atoms with van der Waals surface area (Å²) in [5, 5.41) is 6.36. The molecule has 0 saturated carbocycles. The molecule has 1 aromatic rings. The van der Waals surface area contributed by atoms with Gasteiger partial charge in [0.2, 0.25) is 0 Å². The van der Waals surface area contributed by atoms with E-state index in [9.17, 15) is 4.79 Å². The van der Waals surface area contributed by atoms with E-state index in [-0.39, 0.29) is 11.9 Å². The maximum atomic E-state index is 12.1. The third-order valence-corrected chi connectivity index (χ3v) is 3.66. The number of amides is 1. The van der Waals surface area contributed by atoms with Crippen molar-refractivity contribution in [2.24, 2.45) is 0 Å². The largest absolute Gasteiger partial charge is 0.385 e. The molecule has 2 N–H and O–H groups in total. The lowest BCUT2D eigenvalue weighted by atomic mass is 10.1.